The molecular weight excluding hydrogens is 356 g/mol. The number of carbonyl (C=O) groups excluding carboxylic acids is 1. The fraction of sp³-hybridized carbons (Fsp3) is 0.167. The highest BCUT2D eigenvalue weighted by atomic mass is 32.1. The van der Waals surface area contributed by atoms with Crippen molar-refractivity contribution in [3.8, 4) is 0 Å². The molecule has 2 aromatic heterocycles. The van der Waals surface area contributed by atoms with Gasteiger partial charge in [0.05, 0.1) is 11.0 Å². The van der Waals surface area contributed by atoms with Crippen LogP contribution in [0.1, 0.15) is 31.7 Å². The van der Waals surface area contributed by atoms with Gasteiger partial charge in [-0.3, -0.25) is 14.9 Å². The van der Waals surface area contributed by atoms with E-state index in [0.29, 0.717) is 12.1 Å². The number of rotatable bonds is 3. The molecule has 0 bridgehead atoms. The van der Waals surface area contributed by atoms with Gasteiger partial charge in [0.25, 0.3) is 11.6 Å². The first-order chi connectivity index (χ1) is 12.1. The quantitative estimate of drug-likeness (QED) is 0.503. The lowest BCUT2D eigenvalue weighted by molar-refractivity contribution is -0.384. The molecule has 0 fully saturated rings. The van der Waals surface area contributed by atoms with Crippen LogP contribution in [-0.4, -0.2) is 22.3 Å². The van der Waals surface area contributed by atoms with Crippen LogP contribution in [0.4, 0.5) is 5.69 Å². The molecule has 5 nitrogen and oxygen atoms in total. The fourth-order valence-corrected chi connectivity index (χ4v) is 4.97. The Morgan fingerprint density at radius 1 is 1.16 bits per heavy atom. The van der Waals surface area contributed by atoms with E-state index >= 15 is 0 Å². The van der Waals surface area contributed by atoms with Crippen LogP contribution in [0.3, 0.4) is 0 Å². The molecule has 0 aliphatic carbocycles. The summed E-state index contributed by atoms with van der Waals surface area (Å²) < 4.78 is 0. The average molecular weight is 370 g/mol. The smallest absolute Gasteiger partial charge is 0.270 e. The minimum atomic E-state index is -0.472. The number of fused-ring (bicyclic) bond motifs is 1. The summed E-state index contributed by atoms with van der Waals surface area (Å²) in [5.41, 5.74) is 1.46. The first kappa shape index (κ1) is 16.0. The molecule has 0 saturated carbocycles. The molecule has 1 aliphatic rings. The number of nitro benzene ring substituents is 1. The normalized spacial score (nSPS) is 16.5. The van der Waals surface area contributed by atoms with Crippen molar-refractivity contribution in [2.45, 2.75) is 12.5 Å². The zero-order chi connectivity index (χ0) is 17.4. The lowest BCUT2D eigenvalue weighted by Crippen LogP contribution is -2.39. The fourth-order valence-electron chi connectivity index (χ4n) is 3.21. The topological polar surface area (TPSA) is 63.4 Å². The Kier molecular flexibility index (Phi) is 4.10. The van der Waals surface area contributed by atoms with Crippen LogP contribution in [0.25, 0.3) is 0 Å². The molecule has 0 N–H and O–H groups in total. The van der Waals surface area contributed by atoms with Gasteiger partial charge in [-0.25, -0.2) is 0 Å². The molecule has 0 unspecified atom stereocenters. The second-order valence-electron chi connectivity index (χ2n) is 5.77. The summed E-state index contributed by atoms with van der Waals surface area (Å²) in [6, 6.07) is 11.9. The molecule has 3 aromatic rings. The highest BCUT2D eigenvalue weighted by Crippen LogP contribution is 2.40. The number of nitrogens with zero attached hydrogens (tertiary/aromatic N) is 2. The first-order valence-corrected chi connectivity index (χ1v) is 9.56. The van der Waals surface area contributed by atoms with E-state index in [-0.39, 0.29) is 17.6 Å². The molecule has 1 amide bonds. The highest BCUT2D eigenvalue weighted by molar-refractivity contribution is 7.10. The Balaban J connectivity index is 1.75. The Labute approximate surface area is 152 Å². The number of thiophene rings is 2. The number of hydrogen-bond donors (Lipinski definition) is 0. The van der Waals surface area contributed by atoms with Gasteiger partial charge in [0.2, 0.25) is 0 Å². The van der Waals surface area contributed by atoms with Gasteiger partial charge in [-0.05, 0) is 40.9 Å². The van der Waals surface area contributed by atoms with E-state index in [2.05, 4.69) is 11.4 Å². The molecule has 0 spiro atoms. The molecule has 1 aromatic carbocycles. The Bertz CT molecular complexity index is 933. The Morgan fingerprint density at radius 3 is 2.80 bits per heavy atom. The van der Waals surface area contributed by atoms with Gasteiger partial charge in [-0.2, -0.15) is 0 Å². The van der Waals surface area contributed by atoms with Gasteiger partial charge >= 0.3 is 0 Å². The molecular formula is C18H14N2O3S2. The van der Waals surface area contributed by atoms with Crippen LogP contribution in [-0.2, 0) is 6.42 Å². The van der Waals surface area contributed by atoms with Crippen molar-refractivity contribution in [1.82, 2.24) is 4.90 Å². The van der Waals surface area contributed by atoms with E-state index in [4.69, 9.17) is 0 Å². The zero-order valence-electron chi connectivity index (χ0n) is 13.1. The predicted octanol–water partition coefficient (Wildman–Crippen LogP) is 4.51. The number of non-ortho nitro benzene ring substituents is 1. The first-order valence-electron chi connectivity index (χ1n) is 7.80. The van der Waals surface area contributed by atoms with Crippen molar-refractivity contribution in [2.75, 3.05) is 6.54 Å². The van der Waals surface area contributed by atoms with Gasteiger partial charge < -0.3 is 4.90 Å². The van der Waals surface area contributed by atoms with Crippen molar-refractivity contribution in [2.24, 2.45) is 0 Å². The SMILES string of the molecule is O=C(c1cccc([N+](=O)[O-])c1)N1CCc2sccc2[C@H]1c1cccs1. The van der Waals surface area contributed by atoms with Gasteiger partial charge in [0.15, 0.2) is 0 Å². The van der Waals surface area contributed by atoms with Crippen LogP contribution >= 0.6 is 22.7 Å². The van der Waals surface area contributed by atoms with Gasteiger partial charge in [0, 0.05) is 34.0 Å². The minimum absolute atomic E-state index is 0.0632. The third-order valence-electron chi connectivity index (χ3n) is 4.34. The molecule has 0 radical (unpaired) electrons. The number of amides is 1. The standard InChI is InChI=1S/C18H14N2O3S2/c21-18(12-3-1-4-13(11-12)20(22)23)19-8-6-15-14(7-10-25-15)17(19)16-5-2-9-24-16/h1-5,7,9-11,17H,6,8H2/t17-/m0/s1. The van der Waals surface area contributed by atoms with E-state index in [1.165, 1.54) is 17.0 Å². The van der Waals surface area contributed by atoms with E-state index in [9.17, 15) is 14.9 Å². The predicted molar refractivity (Wildman–Crippen MR) is 98.3 cm³/mol. The Morgan fingerprint density at radius 2 is 2.04 bits per heavy atom. The highest BCUT2D eigenvalue weighted by Gasteiger charge is 2.34. The van der Waals surface area contributed by atoms with Gasteiger partial charge in [-0.15, -0.1) is 22.7 Å². The maximum atomic E-state index is 13.1. The maximum absolute atomic E-state index is 13.1. The molecule has 1 aliphatic heterocycles. The summed E-state index contributed by atoms with van der Waals surface area (Å²) in [7, 11) is 0. The second-order valence-corrected chi connectivity index (χ2v) is 7.75. The van der Waals surface area contributed by atoms with Crippen LogP contribution < -0.4 is 0 Å². The average Bonchev–Trinajstić information content (AvgIpc) is 3.31. The molecule has 1 atom stereocenters. The summed E-state index contributed by atoms with van der Waals surface area (Å²) in [4.78, 5) is 27.9. The summed E-state index contributed by atoms with van der Waals surface area (Å²) >= 11 is 3.34. The molecule has 25 heavy (non-hydrogen) atoms. The summed E-state index contributed by atoms with van der Waals surface area (Å²) in [6.07, 6.45) is 0.815. The molecule has 126 valence electrons. The van der Waals surface area contributed by atoms with Crippen LogP contribution in [0.15, 0.2) is 53.2 Å². The van der Waals surface area contributed by atoms with Gasteiger partial charge in [0.1, 0.15) is 0 Å². The minimum Gasteiger partial charge on any atom is -0.326 e. The van der Waals surface area contributed by atoms with Crippen LogP contribution in [0.5, 0.6) is 0 Å². The third kappa shape index (κ3) is 2.85. The summed E-state index contributed by atoms with van der Waals surface area (Å²) in [5, 5.41) is 15.1. The van der Waals surface area contributed by atoms with Crippen molar-refractivity contribution in [1.29, 1.82) is 0 Å². The summed E-state index contributed by atoms with van der Waals surface area (Å²) in [6.45, 7) is 0.609. The molecule has 7 heteroatoms. The largest absolute Gasteiger partial charge is 0.326 e. The monoisotopic (exact) mass is 370 g/mol. The molecule has 4 rings (SSSR count). The van der Waals surface area contributed by atoms with Crippen molar-refractivity contribution in [3.63, 3.8) is 0 Å². The van der Waals surface area contributed by atoms with Crippen molar-refractivity contribution in [3.05, 3.63) is 84.2 Å². The Hall–Kier alpha value is -2.51. The number of nitro groups is 1. The van der Waals surface area contributed by atoms with Gasteiger partial charge in [-0.1, -0.05) is 12.1 Å². The van der Waals surface area contributed by atoms with E-state index < -0.39 is 4.92 Å². The van der Waals surface area contributed by atoms with Crippen molar-refractivity contribution >= 4 is 34.3 Å². The third-order valence-corrected chi connectivity index (χ3v) is 6.26. The molecule has 0 saturated heterocycles. The van der Waals surface area contributed by atoms with E-state index in [0.717, 1.165) is 16.9 Å². The van der Waals surface area contributed by atoms with E-state index in [1.54, 1.807) is 34.8 Å². The molecule has 3 heterocycles. The lowest BCUT2D eigenvalue weighted by Gasteiger charge is -2.35. The second kappa shape index (κ2) is 6.42. The van der Waals surface area contributed by atoms with E-state index in [1.807, 2.05) is 22.4 Å². The summed E-state index contributed by atoms with van der Waals surface area (Å²) in [5.74, 6) is -0.168. The lowest BCUT2D eigenvalue weighted by atomic mass is 9.97. The van der Waals surface area contributed by atoms with Crippen LogP contribution in [0, 0.1) is 10.1 Å². The maximum Gasteiger partial charge on any atom is 0.270 e. The number of benzene rings is 1. The van der Waals surface area contributed by atoms with Crippen molar-refractivity contribution < 1.29 is 9.72 Å². The zero-order valence-corrected chi connectivity index (χ0v) is 14.8. The van der Waals surface area contributed by atoms with Crippen LogP contribution in [0.2, 0.25) is 0 Å². The number of carbonyl (C=O) groups is 1. The number of hydrogen-bond acceptors (Lipinski definition) is 5.